The van der Waals surface area contributed by atoms with Crippen molar-refractivity contribution < 1.29 is 0 Å². The average Bonchev–Trinajstić information content (AvgIpc) is 2.15. The van der Waals surface area contributed by atoms with E-state index in [4.69, 9.17) is 0 Å². The van der Waals surface area contributed by atoms with Crippen molar-refractivity contribution in [3.8, 4) is 0 Å². The van der Waals surface area contributed by atoms with Gasteiger partial charge < -0.3 is 5.32 Å². The molecule has 1 atom stereocenters. The van der Waals surface area contributed by atoms with Gasteiger partial charge in [-0.2, -0.15) is 0 Å². The molecule has 1 N–H and O–H groups in total. The van der Waals surface area contributed by atoms with Gasteiger partial charge in [-0.1, -0.05) is 12.2 Å². The van der Waals surface area contributed by atoms with Crippen molar-refractivity contribution >= 4 is 0 Å². The van der Waals surface area contributed by atoms with Crippen molar-refractivity contribution in [1.82, 2.24) is 5.32 Å². The van der Waals surface area contributed by atoms with Crippen molar-refractivity contribution in [2.45, 2.75) is 13.3 Å². The predicted molar refractivity (Wildman–Crippen MR) is 40.1 cm³/mol. The Morgan fingerprint density at radius 1 is 1.78 bits per heavy atom. The Kier molecular flexibility index (Phi) is 2.29. The Balaban J connectivity index is 2.19. The highest BCUT2D eigenvalue weighted by atomic mass is 14.9. The molecule has 1 saturated heterocycles. The first kappa shape index (κ1) is 6.81. The highest BCUT2D eigenvalue weighted by molar-refractivity contribution is 5.08. The molecule has 1 rings (SSSR count). The molecule has 0 saturated carbocycles. The van der Waals surface area contributed by atoms with Crippen LogP contribution in [0.25, 0.3) is 0 Å². The average molecular weight is 124 g/mol. The minimum atomic E-state index is 0.752. The fraction of sp³-hybridized carbons (Fsp3) is 0.625. The SMILES string of the molecule is C=C(C)[CH]C1CCNC1. The number of hydrogen-bond donors (Lipinski definition) is 1. The van der Waals surface area contributed by atoms with E-state index in [0.29, 0.717) is 0 Å². The van der Waals surface area contributed by atoms with Crippen molar-refractivity contribution in [2.24, 2.45) is 5.92 Å². The van der Waals surface area contributed by atoms with Gasteiger partial charge in [0.05, 0.1) is 0 Å². The van der Waals surface area contributed by atoms with Crippen molar-refractivity contribution in [2.75, 3.05) is 13.1 Å². The molecule has 1 nitrogen and oxygen atoms in total. The van der Waals surface area contributed by atoms with Gasteiger partial charge in [0.1, 0.15) is 0 Å². The zero-order chi connectivity index (χ0) is 6.69. The molecule has 1 heteroatoms. The Morgan fingerprint density at radius 3 is 3.00 bits per heavy atom. The van der Waals surface area contributed by atoms with Crippen molar-refractivity contribution in [3.05, 3.63) is 18.6 Å². The van der Waals surface area contributed by atoms with Gasteiger partial charge in [-0.05, 0) is 38.8 Å². The van der Waals surface area contributed by atoms with Crippen LogP contribution in [0.4, 0.5) is 0 Å². The molecular formula is C8H14N. The third-order valence-corrected chi connectivity index (χ3v) is 1.62. The molecule has 0 aromatic carbocycles. The van der Waals surface area contributed by atoms with Crippen LogP contribution >= 0.6 is 0 Å². The van der Waals surface area contributed by atoms with Crippen molar-refractivity contribution in [3.63, 3.8) is 0 Å². The predicted octanol–water partition coefficient (Wildman–Crippen LogP) is 1.38. The van der Waals surface area contributed by atoms with Crippen LogP contribution in [0.5, 0.6) is 0 Å². The van der Waals surface area contributed by atoms with Gasteiger partial charge in [-0.15, -0.1) is 0 Å². The van der Waals surface area contributed by atoms with Crippen LogP contribution < -0.4 is 5.32 Å². The third-order valence-electron chi connectivity index (χ3n) is 1.62. The van der Waals surface area contributed by atoms with E-state index >= 15 is 0 Å². The van der Waals surface area contributed by atoms with Gasteiger partial charge in [-0.25, -0.2) is 0 Å². The largest absolute Gasteiger partial charge is 0.316 e. The number of allylic oxidation sites excluding steroid dienone is 1. The second-order valence-corrected chi connectivity index (χ2v) is 2.77. The summed E-state index contributed by atoms with van der Waals surface area (Å²) in [5, 5.41) is 3.31. The van der Waals surface area contributed by atoms with Crippen LogP contribution in [0.2, 0.25) is 0 Å². The van der Waals surface area contributed by atoms with E-state index in [0.717, 1.165) is 12.5 Å². The normalized spacial score (nSPS) is 26.6. The van der Waals surface area contributed by atoms with E-state index in [9.17, 15) is 0 Å². The van der Waals surface area contributed by atoms with Crippen LogP contribution in [0.15, 0.2) is 12.2 Å². The van der Waals surface area contributed by atoms with Crippen molar-refractivity contribution in [1.29, 1.82) is 0 Å². The lowest BCUT2D eigenvalue weighted by Gasteiger charge is -2.04. The highest BCUT2D eigenvalue weighted by Gasteiger charge is 2.13. The first-order valence-corrected chi connectivity index (χ1v) is 3.50. The maximum atomic E-state index is 3.84. The van der Waals surface area contributed by atoms with Crippen LogP contribution in [-0.2, 0) is 0 Å². The van der Waals surface area contributed by atoms with E-state index in [1.165, 1.54) is 18.5 Å². The monoisotopic (exact) mass is 124 g/mol. The molecule has 1 radical (unpaired) electrons. The summed E-state index contributed by atoms with van der Waals surface area (Å²) in [7, 11) is 0. The Hall–Kier alpha value is -0.300. The summed E-state index contributed by atoms with van der Waals surface area (Å²) in [6.45, 7) is 8.21. The number of nitrogens with one attached hydrogen (secondary N) is 1. The molecule has 51 valence electrons. The number of hydrogen-bond acceptors (Lipinski definition) is 1. The summed E-state index contributed by atoms with van der Waals surface area (Å²) < 4.78 is 0. The minimum absolute atomic E-state index is 0.752. The summed E-state index contributed by atoms with van der Waals surface area (Å²) in [6.07, 6.45) is 3.53. The maximum Gasteiger partial charge on any atom is -0.00141 e. The molecule has 1 aliphatic heterocycles. The van der Waals surface area contributed by atoms with Gasteiger partial charge in [0, 0.05) is 0 Å². The first-order valence-electron chi connectivity index (χ1n) is 3.50. The molecule has 1 heterocycles. The van der Waals surface area contributed by atoms with E-state index in [1.54, 1.807) is 0 Å². The maximum absolute atomic E-state index is 3.84. The molecule has 0 bridgehead atoms. The summed E-state index contributed by atoms with van der Waals surface area (Å²) >= 11 is 0. The quantitative estimate of drug-likeness (QED) is 0.586. The lowest BCUT2D eigenvalue weighted by atomic mass is 10.0. The smallest absolute Gasteiger partial charge is 0.00141 e. The second-order valence-electron chi connectivity index (χ2n) is 2.77. The third kappa shape index (κ3) is 2.19. The molecule has 1 unspecified atom stereocenters. The molecule has 9 heavy (non-hydrogen) atoms. The summed E-state index contributed by atoms with van der Waals surface area (Å²) in [6, 6.07) is 0. The molecule has 1 fully saturated rings. The molecule has 0 aromatic heterocycles. The van der Waals surface area contributed by atoms with E-state index in [2.05, 4.69) is 25.2 Å². The Bertz CT molecular complexity index is 101. The van der Waals surface area contributed by atoms with Gasteiger partial charge in [-0.3, -0.25) is 0 Å². The summed E-state index contributed by atoms with van der Waals surface area (Å²) in [4.78, 5) is 0. The minimum Gasteiger partial charge on any atom is -0.316 e. The van der Waals surface area contributed by atoms with Gasteiger partial charge >= 0.3 is 0 Å². The second kappa shape index (κ2) is 3.02. The van der Waals surface area contributed by atoms with E-state index in [-0.39, 0.29) is 0 Å². The van der Waals surface area contributed by atoms with Crippen LogP contribution in [0.1, 0.15) is 13.3 Å². The molecule has 0 aromatic rings. The highest BCUT2D eigenvalue weighted by Crippen LogP contribution is 2.14. The van der Waals surface area contributed by atoms with Crippen LogP contribution in [0.3, 0.4) is 0 Å². The molecule has 0 aliphatic carbocycles. The van der Waals surface area contributed by atoms with Gasteiger partial charge in [0.25, 0.3) is 0 Å². The molecule has 1 aliphatic rings. The molecule has 0 spiro atoms. The summed E-state index contributed by atoms with van der Waals surface area (Å²) in [5.41, 5.74) is 1.20. The van der Waals surface area contributed by atoms with Crippen LogP contribution in [-0.4, -0.2) is 13.1 Å². The fourth-order valence-electron chi connectivity index (χ4n) is 1.22. The van der Waals surface area contributed by atoms with E-state index in [1.807, 2.05) is 0 Å². The zero-order valence-corrected chi connectivity index (χ0v) is 5.98. The molecule has 0 amide bonds. The summed E-state index contributed by atoms with van der Waals surface area (Å²) in [5.74, 6) is 0.752. The van der Waals surface area contributed by atoms with Crippen LogP contribution in [0, 0.1) is 12.3 Å². The van der Waals surface area contributed by atoms with Gasteiger partial charge in [0.2, 0.25) is 0 Å². The fourth-order valence-corrected chi connectivity index (χ4v) is 1.22. The standard InChI is InChI=1S/C8H14N/c1-7(2)5-8-3-4-9-6-8/h5,8-9H,1,3-4,6H2,2H3. The topological polar surface area (TPSA) is 12.0 Å². The Labute approximate surface area is 57.1 Å². The van der Waals surface area contributed by atoms with E-state index < -0.39 is 0 Å². The van der Waals surface area contributed by atoms with Gasteiger partial charge in [0.15, 0.2) is 0 Å². The zero-order valence-electron chi connectivity index (χ0n) is 5.98. The number of rotatable bonds is 2. The lowest BCUT2D eigenvalue weighted by Crippen LogP contribution is -2.09. The first-order chi connectivity index (χ1) is 4.29. The molecular weight excluding hydrogens is 110 g/mol. The Morgan fingerprint density at radius 2 is 2.56 bits per heavy atom. The lowest BCUT2D eigenvalue weighted by molar-refractivity contribution is 0.683.